The highest BCUT2D eigenvalue weighted by Crippen LogP contribution is 2.29. The number of urea groups is 1. The summed E-state index contributed by atoms with van der Waals surface area (Å²) in [5, 5.41) is 9.78. The predicted octanol–water partition coefficient (Wildman–Crippen LogP) is 2.75. The van der Waals surface area contributed by atoms with Crippen molar-refractivity contribution in [2.24, 2.45) is 5.92 Å². The Labute approximate surface area is 146 Å². The molecule has 0 aromatic carbocycles. The third kappa shape index (κ3) is 4.60. The van der Waals surface area contributed by atoms with Gasteiger partial charge in [0.05, 0.1) is 12.8 Å². The molecule has 1 saturated heterocycles. The van der Waals surface area contributed by atoms with E-state index in [-0.39, 0.29) is 23.9 Å². The number of furan rings is 1. The second-order valence-corrected chi connectivity index (χ2v) is 6.48. The van der Waals surface area contributed by atoms with Crippen molar-refractivity contribution in [3.05, 3.63) is 35.9 Å². The molecule has 8 heteroatoms. The van der Waals surface area contributed by atoms with E-state index >= 15 is 0 Å². The highest BCUT2D eigenvalue weighted by atomic mass is 16.5. The number of amides is 2. The fourth-order valence-electron chi connectivity index (χ4n) is 2.81. The molecule has 0 saturated carbocycles. The molecule has 2 aromatic heterocycles. The van der Waals surface area contributed by atoms with Gasteiger partial charge in [-0.05, 0) is 30.9 Å². The number of aromatic nitrogens is 2. The van der Waals surface area contributed by atoms with Crippen molar-refractivity contribution in [1.82, 2.24) is 20.8 Å². The molecule has 1 fully saturated rings. The summed E-state index contributed by atoms with van der Waals surface area (Å²) in [4.78, 5) is 16.8. The lowest BCUT2D eigenvalue weighted by atomic mass is 9.91. The molecule has 2 aromatic rings. The Balaban J connectivity index is 1.67. The fraction of sp³-hybridized carbons (Fsp3) is 0.588. The van der Waals surface area contributed by atoms with Crippen molar-refractivity contribution < 1.29 is 18.5 Å². The van der Waals surface area contributed by atoms with Crippen molar-refractivity contribution in [3.63, 3.8) is 0 Å². The van der Waals surface area contributed by atoms with Crippen molar-refractivity contribution >= 4 is 6.03 Å². The highest BCUT2D eigenvalue weighted by Gasteiger charge is 2.31. The van der Waals surface area contributed by atoms with E-state index < -0.39 is 0 Å². The number of nitrogens with zero attached hydrogens (tertiary/aromatic N) is 2. The fourth-order valence-corrected chi connectivity index (χ4v) is 2.81. The Kier molecular flexibility index (Phi) is 5.70. The van der Waals surface area contributed by atoms with Crippen LogP contribution in [0.5, 0.6) is 0 Å². The SMILES string of the molecule is CC(C)c1noc([C@H](NC(=O)NCc2ccco2)C2CCOCC2)n1. The van der Waals surface area contributed by atoms with Gasteiger partial charge in [-0.25, -0.2) is 4.79 Å². The number of carbonyl (C=O) groups is 1. The van der Waals surface area contributed by atoms with Gasteiger partial charge in [-0.1, -0.05) is 19.0 Å². The molecule has 0 spiro atoms. The second kappa shape index (κ2) is 8.15. The Hall–Kier alpha value is -2.35. The minimum atomic E-state index is -0.333. The number of ether oxygens (including phenoxy) is 1. The van der Waals surface area contributed by atoms with Gasteiger partial charge in [-0.3, -0.25) is 0 Å². The average Bonchev–Trinajstić information content (AvgIpc) is 3.30. The average molecular weight is 348 g/mol. The van der Waals surface area contributed by atoms with Crippen molar-refractivity contribution in [3.8, 4) is 0 Å². The van der Waals surface area contributed by atoms with Crippen LogP contribution in [0.15, 0.2) is 27.3 Å². The Morgan fingerprint density at radius 3 is 2.80 bits per heavy atom. The normalized spacial score (nSPS) is 16.8. The molecule has 1 aliphatic heterocycles. The van der Waals surface area contributed by atoms with Crippen LogP contribution >= 0.6 is 0 Å². The monoisotopic (exact) mass is 348 g/mol. The first-order valence-corrected chi connectivity index (χ1v) is 8.61. The number of carbonyl (C=O) groups excluding carboxylic acids is 1. The van der Waals surface area contributed by atoms with Crippen LogP contribution in [0.3, 0.4) is 0 Å². The molecule has 0 aliphatic carbocycles. The topological polar surface area (TPSA) is 102 Å². The zero-order chi connectivity index (χ0) is 17.6. The molecule has 2 amide bonds. The van der Waals surface area contributed by atoms with Crippen LogP contribution in [0.25, 0.3) is 0 Å². The lowest BCUT2D eigenvalue weighted by Crippen LogP contribution is -2.41. The maximum Gasteiger partial charge on any atom is 0.315 e. The molecule has 0 unspecified atom stereocenters. The molecule has 0 radical (unpaired) electrons. The summed E-state index contributed by atoms with van der Waals surface area (Å²) in [6.07, 6.45) is 3.25. The molecular formula is C17H24N4O4. The largest absolute Gasteiger partial charge is 0.467 e. The van der Waals surface area contributed by atoms with Gasteiger partial charge in [-0.15, -0.1) is 0 Å². The van der Waals surface area contributed by atoms with Gasteiger partial charge in [0, 0.05) is 19.1 Å². The zero-order valence-corrected chi connectivity index (χ0v) is 14.5. The molecule has 0 bridgehead atoms. The van der Waals surface area contributed by atoms with Gasteiger partial charge in [0.15, 0.2) is 5.82 Å². The minimum absolute atomic E-state index is 0.167. The van der Waals surface area contributed by atoms with Crippen LogP contribution in [0.2, 0.25) is 0 Å². The van der Waals surface area contributed by atoms with E-state index in [9.17, 15) is 4.79 Å². The van der Waals surface area contributed by atoms with Crippen LogP contribution in [0, 0.1) is 5.92 Å². The first-order chi connectivity index (χ1) is 12.1. The van der Waals surface area contributed by atoms with Gasteiger partial charge < -0.3 is 24.3 Å². The summed E-state index contributed by atoms with van der Waals surface area (Å²) in [6.45, 7) is 5.66. The van der Waals surface area contributed by atoms with Crippen LogP contribution < -0.4 is 10.6 Å². The van der Waals surface area contributed by atoms with Crippen molar-refractivity contribution in [2.75, 3.05) is 13.2 Å². The summed E-state index contributed by atoms with van der Waals surface area (Å²) >= 11 is 0. The molecule has 2 N–H and O–H groups in total. The number of hydrogen-bond acceptors (Lipinski definition) is 6. The van der Waals surface area contributed by atoms with Gasteiger partial charge in [-0.2, -0.15) is 4.98 Å². The second-order valence-electron chi connectivity index (χ2n) is 6.48. The number of nitrogens with one attached hydrogen (secondary N) is 2. The van der Waals surface area contributed by atoms with Crippen molar-refractivity contribution in [2.45, 2.75) is 45.2 Å². The standard InChI is InChI=1S/C17H24N4O4/c1-11(2)15-20-16(25-21-15)14(12-5-8-23-9-6-12)19-17(22)18-10-13-4-3-7-24-13/h3-4,7,11-12,14H,5-6,8-10H2,1-2H3,(H2,18,19,22)/t14-/m1/s1. The van der Waals surface area contributed by atoms with E-state index in [2.05, 4.69) is 20.8 Å². The molecule has 3 rings (SSSR count). The van der Waals surface area contributed by atoms with E-state index in [4.69, 9.17) is 13.7 Å². The maximum absolute atomic E-state index is 12.3. The first-order valence-electron chi connectivity index (χ1n) is 8.61. The number of rotatable bonds is 6. The van der Waals surface area contributed by atoms with Crippen LogP contribution in [0.1, 0.15) is 56.1 Å². The lowest BCUT2D eigenvalue weighted by Gasteiger charge is -2.28. The van der Waals surface area contributed by atoms with Crippen LogP contribution in [-0.2, 0) is 11.3 Å². The third-order valence-electron chi connectivity index (χ3n) is 4.27. The Morgan fingerprint density at radius 1 is 1.36 bits per heavy atom. The van der Waals surface area contributed by atoms with Gasteiger partial charge >= 0.3 is 6.03 Å². The first kappa shape index (κ1) is 17.5. The Bertz CT molecular complexity index is 662. The summed E-state index contributed by atoms with van der Waals surface area (Å²) in [6, 6.07) is 2.96. The van der Waals surface area contributed by atoms with E-state index in [1.807, 2.05) is 19.9 Å². The van der Waals surface area contributed by atoms with E-state index in [1.165, 1.54) is 0 Å². The highest BCUT2D eigenvalue weighted by molar-refractivity contribution is 5.74. The summed E-state index contributed by atoms with van der Waals surface area (Å²) < 4.78 is 16.1. The van der Waals surface area contributed by atoms with E-state index in [0.717, 1.165) is 12.8 Å². The summed E-state index contributed by atoms with van der Waals surface area (Å²) in [7, 11) is 0. The smallest absolute Gasteiger partial charge is 0.315 e. The molecule has 8 nitrogen and oxygen atoms in total. The molecule has 25 heavy (non-hydrogen) atoms. The molecule has 1 atom stereocenters. The third-order valence-corrected chi connectivity index (χ3v) is 4.27. The number of hydrogen-bond donors (Lipinski definition) is 2. The van der Waals surface area contributed by atoms with Gasteiger partial charge in [0.25, 0.3) is 0 Å². The van der Waals surface area contributed by atoms with Gasteiger partial charge in [0.2, 0.25) is 5.89 Å². The predicted molar refractivity (Wildman–Crippen MR) is 88.8 cm³/mol. The Morgan fingerprint density at radius 2 is 2.16 bits per heavy atom. The minimum Gasteiger partial charge on any atom is -0.467 e. The lowest BCUT2D eigenvalue weighted by molar-refractivity contribution is 0.0503. The zero-order valence-electron chi connectivity index (χ0n) is 14.5. The molecular weight excluding hydrogens is 324 g/mol. The molecule has 3 heterocycles. The van der Waals surface area contributed by atoms with Crippen LogP contribution in [0.4, 0.5) is 4.79 Å². The molecule has 1 aliphatic rings. The summed E-state index contributed by atoms with van der Waals surface area (Å²) in [5.41, 5.74) is 0. The van der Waals surface area contributed by atoms with E-state index in [1.54, 1.807) is 12.3 Å². The summed E-state index contributed by atoms with van der Waals surface area (Å²) in [5.74, 6) is 2.15. The van der Waals surface area contributed by atoms with Crippen molar-refractivity contribution in [1.29, 1.82) is 0 Å². The van der Waals surface area contributed by atoms with Crippen LogP contribution in [-0.4, -0.2) is 29.4 Å². The maximum atomic E-state index is 12.3. The molecule has 136 valence electrons. The van der Waals surface area contributed by atoms with E-state index in [0.29, 0.717) is 37.2 Å². The van der Waals surface area contributed by atoms with Gasteiger partial charge in [0.1, 0.15) is 11.8 Å². The quantitative estimate of drug-likeness (QED) is 0.832.